The van der Waals surface area contributed by atoms with Gasteiger partial charge in [-0.25, -0.2) is 0 Å². The third-order valence-electron chi connectivity index (χ3n) is 10.3. The third-order valence-corrected chi connectivity index (χ3v) is 11.2. The molecule has 0 aliphatic carbocycles. The summed E-state index contributed by atoms with van der Waals surface area (Å²) >= 11 is 0. The first-order chi connectivity index (χ1) is 30.0. The Balaban J connectivity index is 4.39. The molecule has 0 aromatic carbocycles. The lowest BCUT2D eigenvalue weighted by atomic mass is 10.0. The summed E-state index contributed by atoms with van der Waals surface area (Å²) in [6.45, 7) is 4.04. The molecule has 0 fully saturated rings. The summed E-state index contributed by atoms with van der Waals surface area (Å²) < 4.78 is 33.9. The number of unbranched alkanes of at least 4 members (excludes halogenated alkanes) is 18. The minimum Gasteiger partial charge on any atom is -0.756 e. The van der Waals surface area contributed by atoms with Gasteiger partial charge in [0.2, 0.25) is 0 Å². The number of hydrogen-bond acceptors (Lipinski definition) is 8. The molecule has 2 atom stereocenters. The highest BCUT2D eigenvalue weighted by molar-refractivity contribution is 7.45. The lowest BCUT2D eigenvalue weighted by Gasteiger charge is -2.28. The SMILES string of the molecule is CC/C=C\C/C=C\C/C=C\C/C=C\C/C=C\C/C=C\CCC(=O)O[C@H](COC(=O)CCCCCCCCCCCCCCCCCCCCC)COP(=O)([O-])OCC[N+](C)(C)C. The Morgan fingerprint density at radius 2 is 0.919 bits per heavy atom. The van der Waals surface area contributed by atoms with E-state index in [4.69, 9.17) is 18.5 Å². The van der Waals surface area contributed by atoms with Crippen molar-refractivity contribution in [1.82, 2.24) is 0 Å². The van der Waals surface area contributed by atoms with Crippen molar-refractivity contribution in [3.8, 4) is 0 Å². The zero-order valence-electron chi connectivity index (χ0n) is 40.3. The molecule has 0 rings (SSSR count). The number of likely N-dealkylation sites (N-methyl/N-ethyl adjacent to an activating group) is 1. The molecule has 0 spiro atoms. The lowest BCUT2D eigenvalue weighted by Crippen LogP contribution is -2.37. The number of allylic oxidation sites excluding steroid dienone is 12. The number of carbonyl (C=O) groups excluding carboxylic acids is 2. The minimum atomic E-state index is -4.65. The van der Waals surface area contributed by atoms with E-state index in [0.717, 1.165) is 57.8 Å². The molecule has 9 nitrogen and oxygen atoms in total. The molecule has 0 saturated heterocycles. The number of hydrogen-bond donors (Lipinski definition) is 0. The molecule has 0 aliphatic rings. The fourth-order valence-corrected chi connectivity index (χ4v) is 7.17. The van der Waals surface area contributed by atoms with Crippen LogP contribution >= 0.6 is 7.82 Å². The van der Waals surface area contributed by atoms with E-state index in [9.17, 15) is 19.0 Å². The van der Waals surface area contributed by atoms with Gasteiger partial charge in [-0.2, -0.15) is 0 Å². The number of ether oxygens (including phenoxy) is 2. The van der Waals surface area contributed by atoms with Crippen LogP contribution in [0.2, 0.25) is 0 Å². The van der Waals surface area contributed by atoms with Crippen molar-refractivity contribution in [3.63, 3.8) is 0 Å². The van der Waals surface area contributed by atoms with E-state index in [1.807, 2.05) is 33.3 Å². The summed E-state index contributed by atoms with van der Waals surface area (Å²) in [4.78, 5) is 37.6. The molecular formula is C52H92NO8P. The van der Waals surface area contributed by atoms with Crippen LogP contribution in [0.1, 0.15) is 194 Å². The Kier molecular flexibility index (Phi) is 41.9. The maximum absolute atomic E-state index is 12.7. The summed E-state index contributed by atoms with van der Waals surface area (Å²) in [6, 6.07) is 0. The first-order valence-electron chi connectivity index (χ1n) is 24.6. The standard InChI is InChI=1S/C52H92NO8P/c1-6-8-10-12-14-16-18-20-22-24-26-28-30-32-34-36-38-40-42-44-51(54)58-48-50(49-60-62(56,57)59-47-46-53(3,4)5)61-52(55)45-43-41-39-37-35-33-31-29-27-25-23-21-19-17-15-13-11-9-7-2/h9,11,15,17,21,23,27,29,33,35,39,41,50H,6-8,10,12-14,16,18-20,22,24-26,28,30-32,34,36-38,40,42-49H2,1-5H3/b11-9-,17-15-,23-21-,29-27-,35-33-,41-39-/t50-/m1/s1. The van der Waals surface area contributed by atoms with Crippen LogP contribution < -0.4 is 4.89 Å². The van der Waals surface area contributed by atoms with Crippen LogP contribution in [-0.4, -0.2) is 70.0 Å². The van der Waals surface area contributed by atoms with E-state index >= 15 is 0 Å². The van der Waals surface area contributed by atoms with Crippen molar-refractivity contribution in [3.05, 3.63) is 72.9 Å². The van der Waals surface area contributed by atoms with Crippen LogP contribution in [0.25, 0.3) is 0 Å². The van der Waals surface area contributed by atoms with Gasteiger partial charge in [0.25, 0.3) is 7.82 Å². The van der Waals surface area contributed by atoms with Gasteiger partial charge in [0.05, 0.1) is 27.7 Å². The molecule has 0 radical (unpaired) electrons. The first-order valence-corrected chi connectivity index (χ1v) is 26.1. The Bertz CT molecular complexity index is 1280. The second-order valence-corrected chi connectivity index (χ2v) is 18.9. The highest BCUT2D eigenvalue weighted by Gasteiger charge is 2.21. The zero-order valence-corrected chi connectivity index (χ0v) is 41.2. The highest BCUT2D eigenvalue weighted by Crippen LogP contribution is 2.38. The summed E-state index contributed by atoms with van der Waals surface area (Å²) in [7, 11) is 1.11. The third kappa shape index (κ3) is 46.9. The van der Waals surface area contributed by atoms with Gasteiger partial charge in [-0.15, -0.1) is 0 Å². The largest absolute Gasteiger partial charge is 0.756 e. The molecule has 62 heavy (non-hydrogen) atoms. The van der Waals surface area contributed by atoms with Crippen LogP contribution in [0, 0.1) is 0 Å². The number of phosphoric acid groups is 1. The van der Waals surface area contributed by atoms with Gasteiger partial charge >= 0.3 is 11.9 Å². The van der Waals surface area contributed by atoms with Gasteiger partial charge < -0.3 is 27.9 Å². The van der Waals surface area contributed by atoms with Crippen LogP contribution in [-0.2, 0) is 32.7 Å². The summed E-state index contributed by atoms with van der Waals surface area (Å²) in [5.41, 5.74) is 0. The lowest BCUT2D eigenvalue weighted by molar-refractivity contribution is -0.870. The van der Waals surface area contributed by atoms with Crippen molar-refractivity contribution in [2.75, 3.05) is 47.5 Å². The average Bonchev–Trinajstić information content (AvgIpc) is 3.23. The molecule has 0 aromatic heterocycles. The molecule has 1 unspecified atom stereocenters. The van der Waals surface area contributed by atoms with Crippen molar-refractivity contribution in [2.24, 2.45) is 0 Å². The van der Waals surface area contributed by atoms with Crippen molar-refractivity contribution in [2.45, 2.75) is 200 Å². The molecule has 0 N–H and O–H groups in total. The molecule has 0 aliphatic heterocycles. The number of carbonyl (C=O) groups is 2. The van der Waals surface area contributed by atoms with E-state index in [1.54, 1.807) is 0 Å². The maximum atomic E-state index is 12.7. The normalized spacial score (nSPS) is 14.1. The van der Waals surface area contributed by atoms with Gasteiger partial charge in [0.15, 0.2) is 6.10 Å². The van der Waals surface area contributed by atoms with Gasteiger partial charge in [0.1, 0.15) is 19.8 Å². The fraction of sp³-hybridized carbons (Fsp3) is 0.731. The maximum Gasteiger partial charge on any atom is 0.306 e. The summed E-state index contributed by atoms with van der Waals surface area (Å²) in [6.07, 6.45) is 55.2. The van der Waals surface area contributed by atoms with E-state index < -0.39 is 32.5 Å². The number of quaternary nitrogens is 1. The van der Waals surface area contributed by atoms with Crippen LogP contribution in [0.4, 0.5) is 0 Å². The van der Waals surface area contributed by atoms with Crippen LogP contribution in [0.15, 0.2) is 72.9 Å². The van der Waals surface area contributed by atoms with Gasteiger partial charge in [0, 0.05) is 12.8 Å². The first kappa shape index (κ1) is 59.5. The van der Waals surface area contributed by atoms with E-state index in [-0.39, 0.29) is 26.1 Å². The number of phosphoric ester groups is 1. The molecule has 0 bridgehead atoms. The summed E-state index contributed by atoms with van der Waals surface area (Å²) in [5.74, 6) is -0.930. The van der Waals surface area contributed by atoms with Crippen LogP contribution in [0.5, 0.6) is 0 Å². The summed E-state index contributed by atoms with van der Waals surface area (Å²) in [5, 5.41) is 0. The molecule has 0 amide bonds. The fourth-order valence-electron chi connectivity index (χ4n) is 6.45. The average molecular weight is 890 g/mol. The molecule has 358 valence electrons. The molecule has 0 saturated carbocycles. The highest BCUT2D eigenvalue weighted by atomic mass is 31.2. The van der Waals surface area contributed by atoms with E-state index in [0.29, 0.717) is 17.4 Å². The van der Waals surface area contributed by atoms with Gasteiger partial charge in [-0.3, -0.25) is 14.2 Å². The Morgan fingerprint density at radius 1 is 0.516 bits per heavy atom. The number of rotatable bonds is 44. The minimum absolute atomic E-state index is 0.0465. The van der Waals surface area contributed by atoms with Gasteiger partial charge in [-0.05, 0) is 51.4 Å². The Labute approximate surface area is 380 Å². The second-order valence-electron chi connectivity index (χ2n) is 17.5. The quantitative estimate of drug-likeness (QED) is 0.0195. The van der Waals surface area contributed by atoms with E-state index in [2.05, 4.69) is 74.6 Å². The predicted molar refractivity (Wildman–Crippen MR) is 259 cm³/mol. The predicted octanol–water partition coefficient (Wildman–Crippen LogP) is 13.9. The Morgan fingerprint density at radius 3 is 1.34 bits per heavy atom. The topological polar surface area (TPSA) is 111 Å². The molecule has 0 aromatic rings. The second kappa shape index (κ2) is 43.7. The van der Waals surface area contributed by atoms with Crippen molar-refractivity contribution in [1.29, 1.82) is 0 Å². The number of nitrogens with zero attached hydrogens (tertiary/aromatic N) is 1. The number of esters is 2. The van der Waals surface area contributed by atoms with Gasteiger partial charge in [-0.1, -0.05) is 202 Å². The van der Waals surface area contributed by atoms with Crippen LogP contribution in [0.3, 0.4) is 0 Å². The molecule has 10 heteroatoms. The molecule has 0 heterocycles. The Hall–Kier alpha value is -2.55. The smallest absolute Gasteiger partial charge is 0.306 e. The van der Waals surface area contributed by atoms with Crippen molar-refractivity contribution < 1.29 is 42.1 Å². The zero-order chi connectivity index (χ0) is 45.7. The molecular weight excluding hydrogens is 798 g/mol. The van der Waals surface area contributed by atoms with Crippen molar-refractivity contribution >= 4 is 19.8 Å². The monoisotopic (exact) mass is 890 g/mol. The van der Waals surface area contributed by atoms with E-state index in [1.165, 1.54) is 103 Å².